The van der Waals surface area contributed by atoms with E-state index in [0.717, 1.165) is 6.54 Å². The van der Waals surface area contributed by atoms with Gasteiger partial charge in [0, 0.05) is 17.8 Å². The van der Waals surface area contributed by atoms with Crippen molar-refractivity contribution in [3.63, 3.8) is 0 Å². The van der Waals surface area contributed by atoms with Gasteiger partial charge in [0.2, 0.25) is 5.91 Å². The number of carboxylic acid groups (broad SMARTS) is 1. The first-order chi connectivity index (χ1) is 8.54. The van der Waals surface area contributed by atoms with E-state index in [-0.39, 0.29) is 24.1 Å². The summed E-state index contributed by atoms with van der Waals surface area (Å²) in [7, 11) is 0. The average molecular weight is 271 g/mol. The third kappa shape index (κ3) is 4.42. The second-order valence-corrected chi connectivity index (χ2v) is 4.80. The zero-order chi connectivity index (χ0) is 13.5. The van der Waals surface area contributed by atoms with Crippen molar-refractivity contribution >= 4 is 23.2 Å². The zero-order valence-corrected chi connectivity index (χ0v) is 11.2. The number of amides is 1. The summed E-state index contributed by atoms with van der Waals surface area (Å²) in [5, 5.41) is 16.6. The number of aromatic carboxylic acids is 1. The minimum absolute atomic E-state index is 0.0185. The molecule has 0 saturated heterocycles. The number of nitrogens with one attached hydrogen (secondary N) is 2. The summed E-state index contributed by atoms with van der Waals surface area (Å²) in [6.45, 7) is 5.54. The Morgan fingerprint density at radius 1 is 1.56 bits per heavy atom. The Kier molecular flexibility index (Phi) is 5.73. The van der Waals surface area contributed by atoms with Crippen LogP contribution in [0.3, 0.4) is 0 Å². The van der Waals surface area contributed by atoms with Crippen LogP contribution in [0.15, 0.2) is 5.38 Å². The van der Waals surface area contributed by atoms with Crippen LogP contribution in [-0.2, 0) is 11.3 Å². The van der Waals surface area contributed by atoms with Gasteiger partial charge in [0.15, 0.2) is 5.69 Å². The number of hydrogen-bond donors (Lipinski definition) is 3. The molecule has 1 amide bonds. The maximum atomic E-state index is 11.7. The Labute approximate surface area is 109 Å². The summed E-state index contributed by atoms with van der Waals surface area (Å²) in [6.07, 6.45) is 0. The molecule has 1 atom stereocenters. The first kappa shape index (κ1) is 14.6. The van der Waals surface area contributed by atoms with Crippen LogP contribution in [0.2, 0.25) is 0 Å². The highest BCUT2D eigenvalue weighted by molar-refractivity contribution is 7.09. The molecule has 0 bridgehead atoms. The lowest BCUT2D eigenvalue weighted by Crippen LogP contribution is -2.34. The fraction of sp³-hybridized carbons (Fsp3) is 0.545. The molecule has 0 aromatic carbocycles. The summed E-state index contributed by atoms with van der Waals surface area (Å²) in [4.78, 5) is 26.2. The number of hydrogen-bond acceptors (Lipinski definition) is 5. The van der Waals surface area contributed by atoms with Gasteiger partial charge >= 0.3 is 5.97 Å². The van der Waals surface area contributed by atoms with Crippen LogP contribution in [0.25, 0.3) is 0 Å². The minimum Gasteiger partial charge on any atom is -0.476 e. The third-order valence-electron chi connectivity index (χ3n) is 2.33. The van der Waals surface area contributed by atoms with Gasteiger partial charge in [0.1, 0.15) is 5.01 Å². The van der Waals surface area contributed by atoms with Crippen molar-refractivity contribution in [1.29, 1.82) is 0 Å². The molecule has 0 spiro atoms. The van der Waals surface area contributed by atoms with Crippen LogP contribution >= 0.6 is 11.3 Å². The Bertz CT molecular complexity index is 419. The molecule has 0 aliphatic rings. The summed E-state index contributed by atoms with van der Waals surface area (Å²) in [5.74, 6) is -1.24. The molecule has 100 valence electrons. The molecule has 6 nitrogen and oxygen atoms in total. The lowest BCUT2D eigenvalue weighted by molar-refractivity contribution is -0.124. The maximum absolute atomic E-state index is 11.7. The normalized spacial score (nSPS) is 12.1. The average Bonchev–Trinajstić information content (AvgIpc) is 2.81. The van der Waals surface area contributed by atoms with E-state index in [9.17, 15) is 9.59 Å². The SMILES string of the molecule is CCNCC(C)C(=O)NCc1nc(C(=O)O)cs1. The van der Waals surface area contributed by atoms with Gasteiger partial charge in [-0.2, -0.15) is 0 Å². The first-order valence-corrected chi connectivity index (χ1v) is 6.58. The van der Waals surface area contributed by atoms with Crippen molar-refractivity contribution in [3.05, 3.63) is 16.1 Å². The lowest BCUT2D eigenvalue weighted by atomic mass is 10.1. The summed E-state index contributed by atoms with van der Waals surface area (Å²) in [6, 6.07) is 0. The Morgan fingerprint density at radius 2 is 2.28 bits per heavy atom. The smallest absolute Gasteiger partial charge is 0.355 e. The van der Waals surface area contributed by atoms with Crippen LogP contribution in [0, 0.1) is 5.92 Å². The van der Waals surface area contributed by atoms with Crippen LogP contribution in [0.5, 0.6) is 0 Å². The molecule has 18 heavy (non-hydrogen) atoms. The quantitative estimate of drug-likeness (QED) is 0.679. The summed E-state index contributed by atoms with van der Waals surface area (Å²) in [5.41, 5.74) is 0.0185. The second-order valence-electron chi connectivity index (χ2n) is 3.86. The Hall–Kier alpha value is -1.47. The van der Waals surface area contributed by atoms with Gasteiger partial charge in [-0.15, -0.1) is 11.3 Å². The molecule has 0 aliphatic heterocycles. The number of aromatic nitrogens is 1. The monoisotopic (exact) mass is 271 g/mol. The fourth-order valence-corrected chi connectivity index (χ4v) is 1.99. The van der Waals surface area contributed by atoms with Crippen LogP contribution in [-0.4, -0.2) is 35.1 Å². The fourth-order valence-electron chi connectivity index (χ4n) is 1.28. The first-order valence-electron chi connectivity index (χ1n) is 5.70. The topological polar surface area (TPSA) is 91.3 Å². The van der Waals surface area contributed by atoms with Crippen molar-refractivity contribution in [2.45, 2.75) is 20.4 Å². The van der Waals surface area contributed by atoms with Crippen molar-refractivity contribution in [1.82, 2.24) is 15.6 Å². The van der Waals surface area contributed by atoms with E-state index in [2.05, 4.69) is 15.6 Å². The van der Waals surface area contributed by atoms with E-state index in [0.29, 0.717) is 11.6 Å². The molecular weight excluding hydrogens is 254 g/mol. The van der Waals surface area contributed by atoms with E-state index < -0.39 is 5.97 Å². The molecule has 0 radical (unpaired) electrons. The number of carbonyl (C=O) groups is 2. The zero-order valence-electron chi connectivity index (χ0n) is 10.4. The number of nitrogens with zero attached hydrogens (tertiary/aromatic N) is 1. The summed E-state index contributed by atoms with van der Waals surface area (Å²) >= 11 is 1.23. The highest BCUT2D eigenvalue weighted by Crippen LogP contribution is 2.09. The lowest BCUT2D eigenvalue weighted by Gasteiger charge is -2.11. The van der Waals surface area contributed by atoms with Crippen molar-refractivity contribution < 1.29 is 14.7 Å². The van der Waals surface area contributed by atoms with E-state index >= 15 is 0 Å². The predicted octanol–water partition coefficient (Wildman–Crippen LogP) is 0.703. The molecule has 3 N–H and O–H groups in total. The van der Waals surface area contributed by atoms with Crippen molar-refractivity contribution in [3.8, 4) is 0 Å². The van der Waals surface area contributed by atoms with Gasteiger partial charge < -0.3 is 15.7 Å². The molecule has 1 heterocycles. The van der Waals surface area contributed by atoms with Gasteiger partial charge in [-0.05, 0) is 6.54 Å². The van der Waals surface area contributed by atoms with Gasteiger partial charge in [-0.3, -0.25) is 4.79 Å². The largest absolute Gasteiger partial charge is 0.476 e. The van der Waals surface area contributed by atoms with Crippen LogP contribution in [0.1, 0.15) is 29.3 Å². The molecule has 7 heteroatoms. The van der Waals surface area contributed by atoms with Crippen molar-refractivity contribution in [2.24, 2.45) is 5.92 Å². The number of carbonyl (C=O) groups excluding carboxylic acids is 1. The highest BCUT2D eigenvalue weighted by Gasteiger charge is 2.13. The summed E-state index contributed by atoms with van der Waals surface area (Å²) < 4.78 is 0. The minimum atomic E-state index is -1.05. The van der Waals surface area contributed by atoms with E-state index in [4.69, 9.17) is 5.11 Å². The van der Waals surface area contributed by atoms with Gasteiger partial charge in [-0.25, -0.2) is 9.78 Å². The predicted molar refractivity (Wildman–Crippen MR) is 68.6 cm³/mol. The molecule has 1 unspecified atom stereocenters. The van der Waals surface area contributed by atoms with E-state index in [1.807, 2.05) is 13.8 Å². The molecule has 0 fully saturated rings. The second kappa shape index (κ2) is 7.07. The third-order valence-corrected chi connectivity index (χ3v) is 3.18. The molecule has 1 rings (SSSR count). The molecule has 1 aromatic heterocycles. The standard InChI is InChI=1S/C11H17N3O3S/c1-3-12-4-7(2)10(15)13-5-9-14-8(6-18-9)11(16)17/h6-7,12H,3-5H2,1-2H3,(H,13,15)(H,16,17). The maximum Gasteiger partial charge on any atom is 0.355 e. The molecule has 1 aromatic rings. The van der Waals surface area contributed by atoms with Gasteiger partial charge in [0.05, 0.1) is 6.54 Å². The van der Waals surface area contributed by atoms with E-state index in [1.54, 1.807) is 0 Å². The number of carboxylic acids is 1. The van der Waals surface area contributed by atoms with Crippen LogP contribution < -0.4 is 10.6 Å². The van der Waals surface area contributed by atoms with Crippen LogP contribution in [0.4, 0.5) is 0 Å². The van der Waals surface area contributed by atoms with Gasteiger partial charge in [-0.1, -0.05) is 13.8 Å². The molecular formula is C11H17N3O3S. The van der Waals surface area contributed by atoms with Crippen molar-refractivity contribution in [2.75, 3.05) is 13.1 Å². The molecule has 0 aliphatic carbocycles. The highest BCUT2D eigenvalue weighted by atomic mass is 32.1. The number of thiazole rings is 1. The number of rotatable bonds is 7. The van der Waals surface area contributed by atoms with E-state index in [1.165, 1.54) is 16.7 Å². The Morgan fingerprint density at radius 3 is 2.83 bits per heavy atom. The van der Waals surface area contributed by atoms with Gasteiger partial charge in [0.25, 0.3) is 0 Å². The molecule has 0 saturated carbocycles. The Balaban J connectivity index is 2.39.